The Balaban J connectivity index is 1.65. The predicted molar refractivity (Wildman–Crippen MR) is 90.2 cm³/mol. The maximum atomic E-state index is 13.1. The van der Waals surface area contributed by atoms with Gasteiger partial charge in [0.2, 0.25) is 17.8 Å². The van der Waals surface area contributed by atoms with Crippen molar-refractivity contribution in [3.05, 3.63) is 65.5 Å². The second kappa shape index (κ2) is 5.87. The summed E-state index contributed by atoms with van der Waals surface area (Å²) in [6.45, 7) is 1.89. The first kappa shape index (κ1) is 16.1. The number of Topliss-reactive ketones (excluding diaryl/α,β-unsaturated/α-hetero) is 1. The summed E-state index contributed by atoms with van der Waals surface area (Å²) in [6, 6.07) is 11.8. The fourth-order valence-corrected chi connectivity index (χ4v) is 3.06. The predicted octanol–water partition coefficient (Wildman–Crippen LogP) is 2.26. The second-order valence-electron chi connectivity index (χ2n) is 6.16. The monoisotopic (exact) mass is 352 g/mol. The fraction of sp³-hybridized carbons (Fsp3) is 0.158. The summed E-state index contributed by atoms with van der Waals surface area (Å²) in [5.41, 5.74) is 1.47. The van der Waals surface area contributed by atoms with Gasteiger partial charge in [0.15, 0.2) is 0 Å². The molecule has 130 valence electrons. The molecule has 2 aromatic carbocycles. The molecule has 2 aliphatic rings. The van der Waals surface area contributed by atoms with Gasteiger partial charge in [-0.15, -0.1) is 0 Å². The van der Waals surface area contributed by atoms with Gasteiger partial charge in [0.25, 0.3) is 5.91 Å². The number of imide groups is 1. The Bertz CT molecular complexity index is 951. The largest absolute Gasteiger partial charge is 0.381 e. The first-order valence-corrected chi connectivity index (χ1v) is 7.96. The Morgan fingerprint density at radius 2 is 1.69 bits per heavy atom. The third-order valence-electron chi connectivity index (χ3n) is 4.44. The number of ketones is 1. The van der Waals surface area contributed by atoms with Crippen LogP contribution in [0.5, 0.6) is 0 Å². The number of benzene rings is 2. The SMILES string of the molecule is Cc1ccc(C(=O)C2=NO[C@@H]3C(=O)N(c4ccc(F)cc4)C(=O)[C@@H]23)cc1. The van der Waals surface area contributed by atoms with Gasteiger partial charge in [-0.05, 0) is 31.2 Å². The molecule has 4 rings (SSSR count). The Morgan fingerprint density at radius 1 is 1.04 bits per heavy atom. The summed E-state index contributed by atoms with van der Waals surface area (Å²) < 4.78 is 13.1. The van der Waals surface area contributed by atoms with E-state index >= 15 is 0 Å². The molecule has 2 aliphatic heterocycles. The average molecular weight is 352 g/mol. The summed E-state index contributed by atoms with van der Waals surface area (Å²) in [5, 5.41) is 3.70. The van der Waals surface area contributed by atoms with E-state index in [4.69, 9.17) is 4.84 Å². The standard InChI is InChI=1S/C19H13FN2O4/c1-10-2-4-11(5-3-10)16(23)15-14-17(26-21-15)19(25)22(18(14)24)13-8-6-12(20)7-9-13/h2-9,14,17H,1H3/t14-,17-/m0/s1. The zero-order valence-corrected chi connectivity index (χ0v) is 13.7. The van der Waals surface area contributed by atoms with Crippen molar-refractivity contribution in [2.24, 2.45) is 11.1 Å². The summed E-state index contributed by atoms with van der Waals surface area (Å²) in [5.74, 6) is -3.27. The van der Waals surface area contributed by atoms with Crippen molar-refractivity contribution < 1.29 is 23.6 Å². The van der Waals surface area contributed by atoms with Crippen molar-refractivity contribution >= 4 is 29.0 Å². The van der Waals surface area contributed by atoms with Gasteiger partial charge in [0.05, 0.1) is 5.69 Å². The van der Waals surface area contributed by atoms with Crippen LogP contribution in [0.4, 0.5) is 10.1 Å². The molecule has 0 saturated carbocycles. The lowest BCUT2D eigenvalue weighted by atomic mass is 9.93. The van der Waals surface area contributed by atoms with Crippen LogP contribution in [0.3, 0.4) is 0 Å². The van der Waals surface area contributed by atoms with Crippen LogP contribution in [0.2, 0.25) is 0 Å². The fourth-order valence-electron chi connectivity index (χ4n) is 3.06. The smallest absolute Gasteiger partial charge is 0.278 e. The van der Waals surface area contributed by atoms with Crippen LogP contribution < -0.4 is 4.90 Å². The van der Waals surface area contributed by atoms with Gasteiger partial charge in [0.1, 0.15) is 17.4 Å². The third-order valence-corrected chi connectivity index (χ3v) is 4.44. The lowest BCUT2D eigenvalue weighted by Crippen LogP contribution is -2.34. The molecule has 2 heterocycles. The molecule has 1 fully saturated rings. The zero-order valence-electron chi connectivity index (χ0n) is 13.7. The molecule has 0 N–H and O–H groups in total. The number of rotatable bonds is 3. The van der Waals surface area contributed by atoms with Gasteiger partial charge >= 0.3 is 0 Å². The molecule has 0 radical (unpaired) electrons. The van der Waals surface area contributed by atoms with Crippen LogP contribution in [-0.4, -0.2) is 29.4 Å². The van der Waals surface area contributed by atoms with Crippen molar-refractivity contribution in [2.45, 2.75) is 13.0 Å². The molecule has 0 unspecified atom stereocenters. The lowest BCUT2D eigenvalue weighted by Gasteiger charge is -2.15. The molecular formula is C19H13FN2O4. The highest BCUT2D eigenvalue weighted by atomic mass is 19.1. The van der Waals surface area contributed by atoms with Crippen LogP contribution in [0.1, 0.15) is 15.9 Å². The van der Waals surface area contributed by atoms with E-state index in [0.717, 1.165) is 22.6 Å². The number of amides is 2. The van der Waals surface area contributed by atoms with Crippen molar-refractivity contribution in [1.29, 1.82) is 0 Å². The number of hydrogen-bond acceptors (Lipinski definition) is 5. The maximum absolute atomic E-state index is 13.1. The van der Waals surface area contributed by atoms with E-state index in [2.05, 4.69) is 5.16 Å². The average Bonchev–Trinajstić information content (AvgIpc) is 3.17. The first-order chi connectivity index (χ1) is 12.5. The van der Waals surface area contributed by atoms with E-state index in [0.29, 0.717) is 5.56 Å². The van der Waals surface area contributed by atoms with Gasteiger partial charge in [-0.25, -0.2) is 9.29 Å². The highest BCUT2D eigenvalue weighted by Gasteiger charge is 2.57. The number of fused-ring (bicyclic) bond motifs is 1. The number of nitrogens with zero attached hydrogens (tertiary/aromatic N) is 2. The van der Waals surface area contributed by atoms with E-state index in [1.807, 2.05) is 6.92 Å². The Labute approximate surface area is 147 Å². The lowest BCUT2D eigenvalue weighted by molar-refractivity contribution is -0.126. The summed E-state index contributed by atoms with van der Waals surface area (Å²) in [6.07, 6.45) is -1.17. The minimum atomic E-state index is -1.17. The Morgan fingerprint density at radius 3 is 2.35 bits per heavy atom. The Kier molecular flexibility index (Phi) is 3.64. The number of carbonyl (C=O) groups is 3. The molecule has 0 bridgehead atoms. The second-order valence-corrected chi connectivity index (χ2v) is 6.16. The highest BCUT2D eigenvalue weighted by Crippen LogP contribution is 2.34. The van der Waals surface area contributed by atoms with Gasteiger partial charge in [-0.3, -0.25) is 14.4 Å². The van der Waals surface area contributed by atoms with Crippen molar-refractivity contribution in [1.82, 2.24) is 0 Å². The van der Waals surface area contributed by atoms with Crippen molar-refractivity contribution in [2.75, 3.05) is 4.90 Å². The molecule has 0 spiro atoms. The third kappa shape index (κ3) is 2.40. The van der Waals surface area contributed by atoms with Crippen LogP contribution >= 0.6 is 0 Å². The Hall–Kier alpha value is -3.35. The van der Waals surface area contributed by atoms with Crippen molar-refractivity contribution in [3.8, 4) is 0 Å². The van der Waals surface area contributed by atoms with E-state index in [1.54, 1.807) is 24.3 Å². The molecule has 1 saturated heterocycles. The van der Waals surface area contributed by atoms with Crippen LogP contribution in [0, 0.1) is 18.7 Å². The molecular weight excluding hydrogens is 339 g/mol. The topological polar surface area (TPSA) is 76.0 Å². The highest BCUT2D eigenvalue weighted by molar-refractivity contribution is 6.52. The van der Waals surface area contributed by atoms with E-state index in [-0.39, 0.29) is 11.4 Å². The minimum absolute atomic E-state index is 0.0955. The molecule has 0 aromatic heterocycles. The number of carbonyl (C=O) groups excluding carboxylic acids is 3. The molecule has 2 amide bonds. The normalized spacial score (nSPS) is 21.5. The first-order valence-electron chi connectivity index (χ1n) is 7.96. The number of oxime groups is 1. The quantitative estimate of drug-likeness (QED) is 0.627. The molecule has 26 heavy (non-hydrogen) atoms. The minimum Gasteiger partial charge on any atom is -0.381 e. The van der Waals surface area contributed by atoms with Gasteiger partial charge in [0, 0.05) is 5.56 Å². The van der Waals surface area contributed by atoms with Gasteiger partial charge in [-0.2, -0.15) is 0 Å². The maximum Gasteiger partial charge on any atom is 0.278 e. The van der Waals surface area contributed by atoms with Gasteiger partial charge < -0.3 is 4.84 Å². The van der Waals surface area contributed by atoms with E-state index in [9.17, 15) is 18.8 Å². The van der Waals surface area contributed by atoms with Gasteiger partial charge in [-0.1, -0.05) is 35.0 Å². The number of anilines is 1. The van der Waals surface area contributed by atoms with Crippen molar-refractivity contribution in [3.63, 3.8) is 0 Å². The molecule has 7 heteroatoms. The van der Waals surface area contributed by atoms with Crippen LogP contribution in [0.15, 0.2) is 53.7 Å². The molecule has 2 atom stereocenters. The van der Waals surface area contributed by atoms with Crippen LogP contribution in [-0.2, 0) is 14.4 Å². The number of halogens is 1. The van der Waals surface area contributed by atoms with E-state index < -0.39 is 35.4 Å². The number of hydrogen-bond donors (Lipinski definition) is 0. The molecule has 2 aromatic rings. The molecule has 0 aliphatic carbocycles. The van der Waals surface area contributed by atoms with E-state index in [1.165, 1.54) is 12.1 Å². The molecule has 6 nitrogen and oxygen atoms in total. The summed E-state index contributed by atoms with van der Waals surface area (Å²) >= 11 is 0. The van der Waals surface area contributed by atoms with Crippen LogP contribution in [0.25, 0.3) is 0 Å². The zero-order chi connectivity index (χ0) is 18.4. The number of aryl methyl sites for hydroxylation is 1. The summed E-state index contributed by atoms with van der Waals surface area (Å²) in [7, 11) is 0. The summed E-state index contributed by atoms with van der Waals surface area (Å²) in [4.78, 5) is 44.0.